The first-order valence-corrected chi connectivity index (χ1v) is 9.57. The fourth-order valence-corrected chi connectivity index (χ4v) is 3.14. The minimum absolute atomic E-state index is 0.0604. The van der Waals surface area contributed by atoms with Gasteiger partial charge in [-0.25, -0.2) is 0 Å². The van der Waals surface area contributed by atoms with Crippen LogP contribution in [0.4, 0.5) is 0 Å². The number of aliphatic hydroxyl groups excluding tert-OH is 1. The van der Waals surface area contributed by atoms with Gasteiger partial charge < -0.3 is 25.3 Å². The van der Waals surface area contributed by atoms with Crippen LogP contribution in [0, 0.1) is 0 Å². The summed E-state index contributed by atoms with van der Waals surface area (Å²) in [6.07, 6.45) is 0.379. The Labute approximate surface area is 170 Å². The van der Waals surface area contributed by atoms with E-state index in [1.807, 2.05) is 4.90 Å². The fraction of sp³-hybridized carbons (Fsp3) is 0.722. The summed E-state index contributed by atoms with van der Waals surface area (Å²) in [5.41, 5.74) is 0. The minimum atomic E-state index is -0.984. The molecule has 0 aliphatic carbocycles. The molecule has 0 unspecified atom stereocenters. The first-order chi connectivity index (χ1) is 13.7. The van der Waals surface area contributed by atoms with E-state index in [9.17, 15) is 19.5 Å². The number of hydrogen-bond donors (Lipinski definition) is 4. The van der Waals surface area contributed by atoms with Crippen molar-refractivity contribution in [1.82, 2.24) is 19.6 Å². The predicted octanol–water partition coefficient (Wildman–Crippen LogP) is -1.08. The van der Waals surface area contributed by atoms with Crippen LogP contribution in [0.15, 0.2) is 12.3 Å². The Kier molecular flexibility index (Phi) is 11.2. The summed E-state index contributed by atoms with van der Waals surface area (Å²) in [4.78, 5) is 40.7. The Morgan fingerprint density at radius 3 is 1.10 bits per heavy atom. The topological polar surface area (TPSA) is 145 Å². The van der Waals surface area contributed by atoms with Crippen molar-refractivity contribution < 1.29 is 34.8 Å². The molecule has 11 heteroatoms. The van der Waals surface area contributed by atoms with Gasteiger partial charge in [0.15, 0.2) is 0 Å². The second-order valence-corrected chi connectivity index (χ2v) is 7.17. The average Bonchev–Trinajstić information content (AvgIpc) is 2.59. The van der Waals surface area contributed by atoms with Gasteiger partial charge in [-0.05, 0) is 0 Å². The van der Waals surface area contributed by atoms with Gasteiger partial charge >= 0.3 is 17.9 Å². The molecule has 11 nitrogen and oxygen atoms in total. The normalized spacial score (nSPS) is 19.2. The lowest BCUT2D eigenvalue weighted by Crippen LogP contribution is -2.48. The van der Waals surface area contributed by atoms with Crippen LogP contribution in [-0.2, 0) is 14.4 Å². The Morgan fingerprint density at radius 2 is 0.862 bits per heavy atom. The second-order valence-electron chi connectivity index (χ2n) is 7.17. The van der Waals surface area contributed by atoms with E-state index in [2.05, 4.69) is 6.58 Å². The molecular formula is C18H32N4O7. The van der Waals surface area contributed by atoms with Crippen LogP contribution in [-0.4, -0.2) is 136 Å². The molecule has 0 aromatic carbocycles. The Hall–Kier alpha value is -2.21. The maximum atomic E-state index is 11.2. The molecular weight excluding hydrogens is 384 g/mol. The van der Waals surface area contributed by atoms with Crippen molar-refractivity contribution in [2.24, 2.45) is 0 Å². The van der Waals surface area contributed by atoms with Crippen LogP contribution >= 0.6 is 0 Å². The van der Waals surface area contributed by atoms with Gasteiger partial charge in [0, 0.05) is 65.3 Å². The van der Waals surface area contributed by atoms with Gasteiger partial charge in [-0.3, -0.25) is 29.1 Å². The van der Waals surface area contributed by atoms with Gasteiger partial charge in [0.2, 0.25) is 0 Å². The van der Waals surface area contributed by atoms with E-state index in [-0.39, 0.29) is 25.4 Å². The van der Waals surface area contributed by atoms with Crippen molar-refractivity contribution in [3.8, 4) is 0 Å². The molecule has 0 radical (unpaired) electrons. The third-order valence-electron chi connectivity index (χ3n) is 4.72. The van der Waals surface area contributed by atoms with Gasteiger partial charge in [-0.2, -0.15) is 0 Å². The number of aliphatic carboxylic acids is 3. The number of aliphatic hydroxyl groups is 1. The maximum absolute atomic E-state index is 11.2. The zero-order valence-electron chi connectivity index (χ0n) is 16.7. The zero-order chi connectivity index (χ0) is 21.8. The van der Waals surface area contributed by atoms with Gasteiger partial charge in [-0.1, -0.05) is 6.58 Å². The highest BCUT2D eigenvalue weighted by Gasteiger charge is 2.20. The van der Waals surface area contributed by atoms with E-state index in [4.69, 9.17) is 15.3 Å². The zero-order valence-corrected chi connectivity index (χ0v) is 16.7. The highest BCUT2D eigenvalue weighted by atomic mass is 16.4. The van der Waals surface area contributed by atoms with Crippen LogP contribution in [0.25, 0.3) is 0 Å². The lowest BCUT2D eigenvalue weighted by Gasteiger charge is -2.33. The van der Waals surface area contributed by atoms with Crippen LogP contribution in [0.2, 0.25) is 0 Å². The molecule has 0 aromatic heterocycles. The van der Waals surface area contributed by atoms with E-state index in [1.54, 1.807) is 14.7 Å². The first-order valence-electron chi connectivity index (χ1n) is 9.57. The van der Waals surface area contributed by atoms with Crippen LogP contribution in [0.3, 0.4) is 0 Å². The van der Waals surface area contributed by atoms with E-state index in [1.165, 1.54) is 0 Å². The molecule has 0 aromatic rings. The lowest BCUT2D eigenvalue weighted by molar-refractivity contribution is -0.140. The smallest absolute Gasteiger partial charge is 0.317 e. The monoisotopic (exact) mass is 416 g/mol. The summed E-state index contributed by atoms with van der Waals surface area (Å²) >= 11 is 0. The van der Waals surface area contributed by atoms with Crippen molar-refractivity contribution >= 4 is 17.9 Å². The van der Waals surface area contributed by atoms with E-state index >= 15 is 0 Å². The molecule has 4 N–H and O–H groups in total. The summed E-state index contributed by atoms with van der Waals surface area (Å²) in [6.45, 7) is 7.05. The SMILES string of the molecule is C=C(O)CCN1CCN(CC(=O)O)CCN(CC(=O)O)CCN(CC(=O)O)CC1. The summed E-state index contributed by atoms with van der Waals surface area (Å²) < 4.78 is 0. The van der Waals surface area contributed by atoms with E-state index < -0.39 is 17.9 Å². The highest BCUT2D eigenvalue weighted by Crippen LogP contribution is 2.03. The number of hydrogen-bond acceptors (Lipinski definition) is 8. The van der Waals surface area contributed by atoms with Crippen molar-refractivity contribution in [2.75, 3.05) is 78.5 Å². The number of nitrogens with zero attached hydrogens (tertiary/aromatic N) is 4. The van der Waals surface area contributed by atoms with E-state index in [0.29, 0.717) is 65.3 Å². The summed E-state index contributed by atoms with van der Waals surface area (Å²) in [6, 6.07) is 0. The molecule has 1 fully saturated rings. The van der Waals surface area contributed by atoms with Gasteiger partial charge in [0.1, 0.15) is 0 Å². The van der Waals surface area contributed by atoms with Crippen molar-refractivity contribution in [3.63, 3.8) is 0 Å². The molecule has 0 spiro atoms. The molecule has 0 atom stereocenters. The molecule has 166 valence electrons. The van der Waals surface area contributed by atoms with Crippen LogP contribution in [0.1, 0.15) is 6.42 Å². The molecule has 0 saturated carbocycles. The summed E-state index contributed by atoms with van der Waals surface area (Å²) in [5, 5.41) is 36.8. The summed E-state index contributed by atoms with van der Waals surface area (Å²) in [5.74, 6) is -2.83. The number of carboxylic acids is 3. The Bertz CT molecular complexity index is 540. The Balaban J connectivity index is 2.89. The van der Waals surface area contributed by atoms with Gasteiger partial charge in [0.25, 0.3) is 0 Å². The number of carboxylic acid groups (broad SMARTS) is 3. The standard InChI is InChI=1S/C18H32N4O7/c1-15(23)2-3-19-4-6-20(12-16(24)25)8-10-22(14-18(28)29)11-9-21(7-5-19)13-17(26)27/h23H,1-14H2,(H,24,25)(H,26,27)(H,28,29). The molecule has 1 aliphatic heterocycles. The van der Waals surface area contributed by atoms with Gasteiger partial charge in [-0.15, -0.1) is 0 Å². The third-order valence-corrected chi connectivity index (χ3v) is 4.72. The van der Waals surface area contributed by atoms with E-state index in [0.717, 1.165) is 0 Å². The van der Waals surface area contributed by atoms with Crippen LogP contribution < -0.4 is 0 Å². The quantitative estimate of drug-likeness (QED) is 0.341. The molecule has 1 rings (SSSR count). The lowest BCUT2D eigenvalue weighted by atomic mass is 10.3. The number of carbonyl (C=O) groups is 3. The minimum Gasteiger partial charge on any atom is -0.513 e. The third kappa shape index (κ3) is 12.1. The molecule has 0 amide bonds. The maximum Gasteiger partial charge on any atom is 0.317 e. The van der Waals surface area contributed by atoms with Crippen LogP contribution in [0.5, 0.6) is 0 Å². The first kappa shape index (κ1) is 24.8. The Morgan fingerprint density at radius 1 is 0.586 bits per heavy atom. The molecule has 29 heavy (non-hydrogen) atoms. The number of rotatable bonds is 9. The van der Waals surface area contributed by atoms with Gasteiger partial charge in [0.05, 0.1) is 25.4 Å². The largest absolute Gasteiger partial charge is 0.513 e. The molecule has 1 heterocycles. The summed E-state index contributed by atoms with van der Waals surface area (Å²) in [7, 11) is 0. The van der Waals surface area contributed by atoms with Crippen molar-refractivity contribution in [3.05, 3.63) is 12.3 Å². The molecule has 1 saturated heterocycles. The second kappa shape index (κ2) is 13.1. The predicted molar refractivity (Wildman–Crippen MR) is 105 cm³/mol. The fourth-order valence-electron chi connectivity index (χ4n) is 3.14. The average molecular weight is 416 g/mol. The molecule has 0 bridgehead atoms. The van der Waals surface area contributed by atoms with Crippen molar-refractivity contribution in [2.45, 2.75) is 6.42 Å². The van der Waals surface area contributed by atoms with Crippen molar-refractivity contribution in [1.29, 1.82) is 0 Å². The molecule has 1 aliphatic rings. The highest BCUT2D eigenvalue weighted by molar-refractivity contribution is 5.69.